The largest absolute Gasteiger partial charge is 0.386 e. The van der Waals surface area contributed by atoms with Crippen LogP contribution in [0.4, 0.5) is 0 Å². The first-order valence-corrected chi connectivity index (χ1v) is 4.16. The van der Waals surface area contributed by atoms with Gasteiger partial charge in [-0.25, -0.2) is 0 Å². The molecule has 0 heterocycles. The van der Waals surface area contributed by atoms with E-state index in [2.05, 4.69) is 13.2 Å². The molecule has 0 aromatic carbocycles. The second-order valence-electron chi connectivity index (χ2n) is 2.39. The first-order chi connectivity index (χ1) is 5.06. The van der Waals surface area contributed by atoms with E-state index >= 15 is 0 Å². The van der Waals surface area contributed by atoms with Gasteiger partial charge in [0.05, 0.1) is 0 Å². The van der Waals surface area contributed by atoms with Crippen molar-refractivity contribution in [3.63, 3.8) is 0 Å². The number of halogens is 2. The highest BCUT2D eigenvalue weighted by Gasteiger charge is 2.31. The quantitative estimate of drug-likeness (QED) is 0.528. The maximum absolute atomic E-state index is 9.68. The number of aliphatic hydroxyl groups is 1. The third-order valence-corrected chi connectivity index (χ3v) is 2.21. The second kappa shape index (κ2) is 4.81. The summed E-state index contributed by atoms with van der Waals surface area (Å²) < 4.78 is 0. The molecule has 11 heavy (non-hydrogen) atoms. The van der Waals surface area contributed by atoms with E-state index in [1.807, 2.05) is 0 Å². The maximum atomic E-state index is 9.68. The lowest BCUT2D eigenvalue weighted by Crippen LogP contribution is -2.34. The van der Waals surface area contributed by atoms with E-state index in [1.165, 1.54) is 0 Å². The fraction of sp³-hybridized carbons (Fsp3) is 0.500. The fourth-order valence-corrected chi connectivity index (χ4v) is 1.12. The molecule has 0 aromatic heterocycles. The van der Waals surface area contributed by atoms with Gasteiger partial charge < -0.3 is 5.11 Å². The highest BCUT2D eigenvalue weighted by atomic mass is 35.5. The Hall–Kier alpha value is 0.0200. The molecule has 0 aliphatic rings. The number of hydrogen-bond donors (Lipinski definition) is 1. The molecule has 0 fully saturated rings. The molecule has 0 spiro atoms. The van der Waals surface area contributed by atoms with E-state index in [4.69, 9.17) is 23.2 Å². The first kappa shape index (κ1) is 11.0. The minimum Gasteiger partial charge on any atom is -0.386 e. The van der Waals surface area contributed by atoms with E-state index in [-0.39, 0.29) is 0 Å². The van der Waals surface area contributed by atoms with Crippen LogP contribution in [0.2, 0.25) is 0 Å². The zero-order valence-corrected chi connectivity index (χ0v) is 7.78. The molecular formula is C8H12Cl2O. The minimum absolute atomic E-state index is 0.372. The van der Waals surface area contributed by atoms with Crippen LogP contribution in [0.1, 0.15) is 12.8 Å². The Bertz CT molecular complexity index is 133. The van der Waals surface area contributed by atoms with Gasteiger partial charge in [0.25, 0.3) is 0 Å². The molecule has 0 saturated carbocycles. The third kappa shape index (κ3) is 3.28. The smallest absolute Gasteiger partial charge is 0.136 e. The van der Waals surface area contributed by atoms with Gasteiger partial charge in [0.2, 0.25) is 0 Å². The van der Waals surface area contributed by atoms with E-state index in [0.717, 1.165) is 0 Å². The van der Waals surface area contributed by atoms with Gasteiger partial charge in [-0.3, -0.25) is 0 Å². The molecule has 0 unspecified atom stereocenters. The minimum atomic E-state index is -1.10. The summed E-state index contributed by atoms with van der Waals surface area (Å²) in [6.07, 6.45) is 3.91. The standard InChI is InChI=1S/C8H12Cl2O/c1-3-5-8(11,6-4-2)7(9)10/h3-4,7,11H,1-2,5-6H2. The van der Waals surface area contributed by atoms with Gasteiger partial charge in [-0.2, -0.15) is 0 Å². The molecule has 0 aromatic rings. The highest BCUT2D eigenvalue weighted by Crippen LogP contribution is 2.27. The Balaban J connectivity index is 4.23. The summed E-state index contributed by atoms with van der Waals surface area (Å²) >= 11 is 11.1. The SMILES string of the molecule is C=CCC(O)(CC=C)C(Cl)Cl. The molecule has 0 radical (unpaired) electrons. The van der Waals surface area contributed by atoms with E-state index < -0.39 is 10.4 Å². The lowest BCUT2D eigenvalue weighted by molar-refractivity contribution is 0.0605. The summed E-state index contributed by atoms with van der Waals surface area (Å²) in [5.41, 5.74) is -1.10. The number of alkyl halides is 2. The van der Waals surface area contributed by atoms with Crippen LogP contribution >= 0.6 is 23.2 Å². The van der Waals surface area contributed by atoms with Crippen molar-refractivity contribution in [1.29, 1.82) is 0 Å². The van der Waals surface area contributed by atoms with Gasteiger partial charge in [-0.15, -0.1) is 36.4 Å². The molecule has 0 saturated heterocycles. The van der Waals surface area contributed by atoms with Crippen molar-refractivity contribution in [2.24, 2.45) is 0 Å². The molecule has 0 amide bonds. The lowest BCUT2D eigenvalue weighted by atomic mass is 9.98. The molecule has 1 nitrogen and oxygen atoms in total. The second-order valence-corrected chi connectivity index (χ2v) is 3.49. The van der Waals surface area contributed by atoms with Gasteiger partial charge in [0, 0.05) is 0 Å². The van der Waals surface area contributed by atoms with Crippen molar-refractivity contribution in [2.45, 2.75) is 23.3 Å². The van der Waals surface area contributed by atoms with Gasteiger partial charge in [0.15, 0.2) is 0 Å². The zero-order chi connectivity index (χ0) is 8.91. The Kier molecular flexibility index (Phi) is 4.82. The topological polar surface area (TPSA) is 20.2 Å². The third-order valence-electron chi connectivity index (χ3n) is 1.40. The van der Waals surface area contributed by atoms with Crippen LogP contribution < -0.4 is 0 Å². The van der Waals surface area contributed by atoms with Crippen LogP contribution in [0.3, 0.4) is 0 Å². The molecule has 0 aliphatic carbocycles. The van der Waals surface area contributed by atoms with Gasteiger partial charge in [0.1, 0.15) is 10.4 Å². The summed E-state index contributed by atoms with van der Waals surface area (Å²) in [5.74, 6) is 0. The van der Waals surface area contributed by atoms with Crippen molar-refractivity contribution in [3.8, 4) is 0 Å². The summed E-state index contributed by atoms with van der Waals surface area (Å²) in [6.45, 7) is 7.00. The van der Waals surface area contributed by atoms with Gasteiger partial charge >= 0.3 is 0 Å². The summed E-state index contributed by atoms with van der Waals surface area (Å²) in [7, 11) is 0. The number of hydrogen-bond acceptors (Lipinski definition) is 1. The highest BCUT2D eigenvalue weighted by molar-refractivity contribution is 6.45. The van der Waals surface area contributed by atoms with Gasteiger partial charge in [-0.05, 0) is 12.8 Å². The van der Waals surface area contributed by atoms with Crippen LogP contribution in [-0.2, 0) is 0 Å². The van der Waals surface area contributed by atoms with E-state index in [9.17, 15) is 5.11 Å². The van der Waals surface area contributed by atoms with Crippen molar-refractivity contribution < 1.29 is 5.11 Å². The Labute approximate surface area is 77.3 Å². The number of rotatable bonds is 5. The van der Waals surface area contributed by atoms with Crippen LogP contribution in [0.5, 0.6) is 0 Å². The van der Waals surface area contributed by atoms with Crippen molar-refractivity contribution in [1.82, 2.24) is 0 Å². The average molecular weight is 195 g/mol. The van der Waals surface area contributed by atoms with Crippen LogP contribution in [0.15, 0.2) is 25.3 Å². The van der Waals surface area contributed by atoms with Crippen molar-refractivity contribution in [2.75, 3.05) is 0 Å². The average Bonchev–Trinajstić information content (AvgIpc) is 1.88. The summed E-state index contributed by atoms with van der Waals surface area (Å²) in [4.78, 5) is -0.807. The molecule has 0 rings (SSSR count). The van der Waals surface area contributed by atoms with Crippen LogP contribution in [0.25, 0.3) is 0 Å². The van der Waals surface area contributed by atoms with E-state index in [1.54, 1.807) is 12.2 Å². The predicted molar refractivity (Wildman–Crippen MR) is 50.1 cm³/mol. The Morgan fingerprint density at radius 3 is 1.82 bits per heavy atom. The normalized spacial score (nSPS) is 11.6. The molecule has 1 N–H and O–H groups in total. The Morgan fingerprint density at radius 1 is 1.27 bits per heavy atom. The summed E-state index contributed by atoms with van der Waals surface area (Å²) in [5, 5.41) is 9.68. The van der Waals surface area contributed by atoms with Crippen LogP contribution in [-0.4, -0.2) is 15.5 Å². The molecule has 0 aliphatic heterocycles. The monoisotopic (exact) mass is 194 g/mol. The molecule has 0 atom stereocenters. The fourth-order valence-electron chi connectivity index (χ4n) is 0.761. The van der Waals surface area contributed by atoms with Crippen molar-refractivity contribution >= 4 is 23.2 Å². The zero-order valence-electron chi connectivity index (χ0n) is 6.26. The summed E-state index contributed by atoms with van der Waals surface area (Å²) in [6, 6.07) is 0. The maximum Gasteiger partial charge on any atom is 0.136 e. The van der Waals surface area contributed by atoms with Gasteiger partial charge in [-0.1, -0.05) is 12.2 Å². The Morgan fingerprint density at radius 2 is 1.64 bits per heavy atom. The van der Waals surface area contributed by atoms with Crippen LogP contribution in [0, 0.1) is 0 Å². The molecule has 64 valence electrons. The predicted octanol–water partition coefficient (Wildman–Crippen LogP) is 2.67. The molecule has 0 bridgehead atoms. The van der Waals surface area contributed by atoms with E-state index in [0.29, 0.717) is 12.8 Å². The van der Waals surface area contributed by atoms with Crippen molar-refractivity contribution in [3.05, 3.63) is 25.3 Å². The molecule has 3 heteroatoms. The lowest BCUT2D eigenvalue weighted by Gasteiger charge is -2.26. The first-order valence-electron chi connectivity index (χ1n) is 3.29. The molecular weight excluding hydrogens is 183 g/mol.